The zero-order valence-electron chi connectivity index (χ0n) is 19.5. The monoisotopic (exact) mass is 499 g/mol. The van der Waals surface area contributed by atoms with Gasteiger partial charge in [0.15, 0.2) is 0 Å². The molecule has 1 aromatic heterocycles. The van der Waals surface area contributed by atoms with Crippen LogP contribution in [-0.2, 0) is 27.6 Å². The summed E-state index contributed by atoms with van der Waals surface area (Å²) in [5, 5.41) is 14.1. The van der Waals surface area contributed by atoms with Crippen molar-refractivity contribution >= 4 is 27.2 Å². The zero-order valence-corrected chi connectivity index (χ0v) is 20.3. The fraction of sp³-hybridized carbons (Fsp3) is 0.261. The largest absolute Gasteiger partial charge is 0.434 e. The number of carbonyl (C=O) groups is 1. The van der Waals surface area contributed by atoms with Crippen molar-refractivity contribution in [2.75, 3.05) is 25.7 Å². The van der Waals surface area contributed by atoms with E-state index in [4.69, 9.17) is 4.74 Å². The lowest BCUT2D eigenvalue weighted by atomic mass is 10.1. The Hall–Kier alpha value is -4.06. The number of hydrogen-bond acceptors (Lipinski definition) is 9. The number of sulfone groups is 1. The Morgan fingerprint density at radius 3 is 2.40 bits per heavy atom. The van der Waals surface area contributed by atoms with E-state index in [1.165, 1.54) is 4.90 Å². The first kappa shape index (κ1) is 25.6. The number of carbonyl (C=O) groups excluding carboxylic acids is 1. The lowest BCUT2D eigenvalue weighted by Crippen LogP contribution is -2.21. The normalized spacial score (nSPS) is 11.1. The van der Waals surface area contributed by atoms with E-state index in [9.17, 15) is 23.3 Å². The third-order valence-electron chi connectivity index (χ3n) is 4.89. The van der Waals surface area contributed by atoms with E-state index < -0.39 is 31.5 Å². The van der Waals surface area contributed by atoms with Crippen LogP contribution in [0.5, 0.6) is 11.6 Å². The van der Waals surface area contributed by atoms with Crippen molar-refractivity contribution < 1.29 is 22.9 Å². The van der Waals surface area contributed by atoms with Crippen LogP contribution >= 0.6 is 0 Å². The van der Waals surface area contributed by atoms with E-state index >= 15 is 0 Å². The van der Waals surface area contributed by atoms with Gasteiger partial charge in [-0.1, -0.05) is 42.5 Å². The highest BCUT2D eigenvalue weighted by Gasteiger charge is 2.29. The van der Waals surface area contributed by atoms with Crippen molar-refractivity contribution in [3.05, 3.63) is 75.8 Å². The van der Waals surface area contributed by atoms with Gasteiger partial charge in [-0.25, -0.2) is 8.42 Å². The van der Waals surface area contributed by atoms with Gasteiger partial charge in [0.05, 0.1) is 4.92 Å². The maximum atomic E-state index is 12.2. The maximum Gasteiger partial charge on any atom is 0.373 e. The number of nitrogens with one attached hydrogen (secondary N) is 1. The van der Waals surface area contributed by atoms with Gasteiger partial charge in [0.25, 0.3) is 5.16 Å². The number of hydrogen-bond donors (Lipinski definition) is 1. The Balaban J connectivity index is 1.96. The summed E-state index contributed by atoms with van der Waals surface area (Å²) in [6.07, 6.45) is 1.61. The smallest absolute Gasteiger partial charge is 0.373 e. The van der Waals surface area contributed by atoms with E-state index in [-0.39, 0.29) is 30.4 Å². The summed E-state index contributed by atoms with van der Waals surface area (Å²) in [5.74, 6) is -0.635. The molecule has 0 aliphatic rings. The summed E-state index contributed by atoms with van der Waals surface area (Å²) in [4.78, 5) is 32.3. The van der Waals surface area contributed by atoms with Crippen LogP contribution in [-0.4, -0.2) is 54.5 Å². The summed E-state index contributed by atoms with van der Waals surface area (Å²) >= 11 is 0. The molecule has 1 N–H and O–H groups in total. The molecule has 1 heterocycles. The zero-order chi connectivity index (χ0) is 25.6. The molecule has 12 heteroatoms. The Morgan fingerprint density at radius 1 is 1.09 bits per heavy atom. The van der Waals surface area contributed by atoms with Crippen LogP contribution in [0.2, 0.25) is 0 Å². The van der Waals surface area contributed by atoms with Crippen LogP contribution in [0.4, 0.5) is 11.5 Å². The third kappa shape index (κ3) is 6.96. The van der Waals surface area contributed by atoms with Crippen LogP contribution < -0.4 is 10.1 Å². The highest BCUT2D eigenvalue weighted by molar-refractivity contribution is 7.90. The fourth-order valence-electron chi connectivity index (χ4n) is 3.07. The maximum absolute atomic E-state index is 12.2. The molecule has 0 aliphatic heterocycles. The molecule has 0 unspecified atom stereocenters. The number of aryl methyl sites for hydroxylation is 1. The third-order valence-corrected chi connectivity index (χ3v) is 5.73. The van der Waals surface area contributed by atoms with E-state index in [0.717, 1.165) is 17.4 Å². The molecule has 35 heavy (non-hydrogen) atoms. The molecule has 3 aromatic rings. The molecule has 184 valence electrons. The van der Waals surface area contributed by atoms with Crippen LogP contribution in [0.1, 0.15) is 17.5 Å². The molecule has 0 saturated carbocycles. The molecule has 0 bridgehead atoms. The van der Waals surface area contributed by atoms with Crippen LogP contribution in [0, 0.1) is 10.1 Å². The molecule has 3 rings (SSSR count). The lowest BCUT2D eigenvalue weighted by Gasteiger charge is -2.12. The minimum atomic E-state index is -3.91. The number of anilines is 1. The van der Waals surface area contributed by atoms with Crippen LogP contribution in [0.25, 0.3) is 0 Å². The van der Waals surface area contributed by atoms with Crippen molar-refractivity contribution in [3.8, 4) is 11.6 Å². The minimum absolute atomic E-state index is 0.0466. The minimum Gasteiger partial charge on any atom is -0.434 e. The number of nitro groups is 1. The second-order valence-electron chi connectivity index (χ2n) is 7.91. The first-order chi connectivity index (χ1) is 16.5. The summed E-state index contributed by atoms with van der Waals surface area (Å²) in [6, 6.07) is 15.7. The number of benzene rings is 2. The highest BCUT2D eigenvalue weighted by Crippen LogP contribution is 2.36. The van der Waals surface area contributed by atoms with Gasteiger partial charge in [0, 0.05) is 33.3 Å². The van der Waals surface area contributed by atoms with E-state index in [2.05, 4.69) is 15.3 Å². The molecule has 0 spiro atoms. The Bertz CT molecular complexity index is 1330. The van der Waals surface area contributed by atoms with Gasteiger partial charge in [0.2, 0.25) is 21.6 Å². The van der Waals surface area contributed by atoms with Crippen molar-refractivity contribution in [2.24, 2.45) is 0 Å². The predicted molar refractivity (Wildman–Crippen MR) is 129 cm³/mol. The average Bonchev–Trinajstić information content (AvgIpc) is 2.81. The summed E-state index contributed by atoms with van der Waals surface area (Å²) in [6.45, 7) is 0.163. The summed E-state index contributed by atoms with van der Waals surface area (Å²) < 4.78 is 30.1. The lowest BCUT2D eigenvalue weighted by molar-refractivity contribution is -0.385. The number of rotatable bonds is 10. The first-order valence-electron chi connectivity index (χ1n) is 10.6. The number of nitrogens with zero attached hydrogens (tertiary/aromatic N) is 4. The highest BCUT2D eigenvalue weighted by atomic mass is 32.2. The van der Waals surface area contributed by atoms with Crippen LogP contribution in [0.15, 0.2) is 59.8 Å². The quantitative estimate of drug-likeness (QED) is 0.252. The van der Waals surface area contributed by atoms with Crippen LogP contribution in [0.3, 0.4) is 0 Å². The standard InChI is InChI=1S/C23H25N5O6S/c1-27(2)19(29)13-12-16-10-7-11-18(14-16)34-22-20(28(30)31)21(25-23(26-22)35(3,32)33)24-15-17-8-5-4-6-9-17/h4-11,14H,12-13,15H2,1-3H3,(H,24,25,26). The Labute approximate surface area is 202 Å². The number of aromatic nitrogens is 2. The van der Waals surface area contributed by atoms with Crippen molar-refractivity contribution in [1.29, 1.82) is 0 Å². The van der Waals surface area contributed by atoms with E-state index in [0.29, 0.717) is 6.42 Å². The molecule has 0 aliphatic carbocycles. The topological polar surface area (TPSA) is 145 Å². The molecule has 1 amide bonds. The van der Waals surface area contributed by atoms with Gasteiger partial charge in [-0.3, -0.25) is 14.9 Å². The summed E-state index contributed by atoms with van der Waals surface area (Å²) in [5.41, 5.74) is 0.977. The second-order valence-corrected chi connectivity index (χ2v) is 9.82. The van der Waals surface area contributed by atoms with Gasteiger partial charge in [-0.2, -0.15) is 9.97 Å². The average molecular weight is 500 g/mol. The predicted octanol–water partition coefficient (Wildman–Crippen LogP) is 3.21. The molecule has 0 fully saturated rings. The Kier molecular flexibility index (Phi) is 7.97. The van der Waals surface area contributed by atoms with Gasteiger partial charge in [-0.05, 0) is 29.7 Å². The summed E-state index contributed by atoms with van der Waals surface area (Å²) in [7, 11) is -0.576. The molecule has 11 nitrogen and oxygen atoms in total. The second kappa shape index (κ2) is 10.9. The van der Waals surface area contributed by atoms with Crippen molar-refractivity contribution in [3.63, 3.8) is 0 Å². The van der Waals surface area contributed by atoms with Crippen molar-refractivity contribution in [2.45, 2.75) is 24.5 Å². The molecular weight excluding hydrogens is 474 g/mol. The van der Waals surface area contributed by atoms with E-state index in [1.54, 1.807) is 62.6 Å². The fourth-order valence-corrected chi connectivity index (χ4v) is 3.58. The first-order valence-corrected chi connectivity index (χ1v) is 12.4. The van der Waals surface area contributed by atoms with E-state index in [1.807, 2.05) is 6.07 Å². The molecule has 0 radical (unpaired) electrons. The molecule has 0 saturated heterocycles. The van der Waals surface area contributed by atoms with Gasteiger partial charge >= 0.3 is 11.6 Å². The number of ether oxygens (including phenoxy) is 1. The number of amides is 1. The molecule has 0 atom stereocenters. The molecular formula is C23H25N5O6S. The molecule has 2 aromatic carbocycles. The van der Waals surface area contributed by atoms with Crippen molar-refractivity contribution in [1.82, 2.24) is 14.9 Å². The van der Waals surface area contributed by atoms with Gasteiger partial charge < -0.3 is 15.0 Å². The Morgan fingerprint density at radius 2 is 1.77 bits per heavy atom. The SMILES string of the molecule is CN(C)C(=O)CCc1cccc(Oc2nc(S(C)(=O)=O)nc(NCc3ccccc3)c2[N+](=O)[O-])c1. The van der Waals surface area contributed by atoms with Gasteiger partial charge in [-0.15, -0.1) is 0 Å². The van der Waals surface area contributed by atoms with Gasteiger partial charge in [0.1, 0.15) is 5.75 Å².